The summed E-state index contributed by atoms with van der Waals surface area (Å²) in [4.78, 5) is 0. The molecule has 0 heterocycles. The van der Waals surface area contributed by atoms with Crippen molar-refractivity contribution in [3.63, 3.8) is 0 Å². The molecule has 0 rings (SSSR count). The van der Waals surface area contributed by atoms with Gasteiger partial charge in [-0.3, -0.25) is 0 Å². The maximum absolute atomic E-state index is 11.5. The van der Waals surface area contributed by atoms with Crippen molar-refractivity contribution in [3.8, 4) is 0 Å². The highest BCUT2D eigenvalue weighted by Gasteiger charge is 1.91. The topological polar surface area (TPSA) is 18.5 Å². The fraction of sp³-hybridized carbons (Fsp3) is 1.00. The van der Waals surface area contributed by atoms with Gasteiger partial charge in [-0.25, -0.2) is 8.78 Å². The summed E-state index contributed by atoms with van der Waals surface area (Å²) in [5, 5.41) is 0. The minimum atomic E-state index is -0.417. The number of halogens is 2. The molecule has 0 unspecified atom stereocenters. The van der Waals surface area contributed by atoms with E-state index in [1.807, 2.05) is 0 Å². The Morgan fingerprint density at radius 2 is 1.08 bits per heavy atom. The lowest BCUT2D eigenvalue weighted by atomic mass is 10.2. The maximum atomic E-state index is 11.5. The van der Waals surface area contributed by atoms with Crippen molar-refractivity contribution in [2.45, 2.75) is 19.3 Å². The van der Waals surface area contributed by atoms with E-state index in [0.29, 0.717) is 13.2 Å². The van der Waals surface area contributed by atoms with Crippen molar-refractivity contribution >= 4 is 0 Å². The zero-order valence-corrected chi connectivity index (χ0v) is 7.94. The molecule has 0 aliphatic heterocycles. The Morgan fingerprint density at radius 3 is 1.46 bits per heavy atom. The molecule has 80 valence electrons. The first-order chi connectivity index (χ1) is 6.41. The van der Waals surface area contributed by atoms with Crippen LogP contribution in [0.5, 0.6) is 0 Å². The van der Waals surface area contributed by atoms with Gasteiger partial charge in [-0.1, -0.05) is 0 Å². The molecule has 2 nitrogen and oxygen atoms in total. The third kappa shape index (κ3) is 11.8. The summed E-state index contributed by atoms with van der Waals surface area (Å²) in [6.45, 7) is 0.760. The van der Waals surface area contributed by atoms with Crippen LogP contribution in [0.25, 0.3) is 0 Å². The van der Waals surface area contributed by atoms with Gasteiger partial charge in [0.2, 0.25) is 0 Å². The average Bonchev–Trinajstić information content (AvgIpc) is 2.16. The highest BCUT2D eigenvalue weighted by molar-refractivity contribution is 4.40. The summed E-state index contributed by atoms with van der Waals surface area (Å²) in [6.07, 6.45) is 2.82. The van der Waals surface area contributed by atoms with E-state index >= 15 is 0 Å². The van der Waals surface area contributed by atoms with Crippen molar-refractivity contribution < 1.29 is 18.3 Å². The first kappa shape index (κ1) is 12.8. The van der Waals surface area contributed by atoms with Crippen LogP contribution in [0.1, 0.15) is 19.3 Å². The van der Waals surface area contributed by atoms with Crippen molar-refractivity contribution in [2.24, 2.45) is 0 Å². The molecule has 0 aromatic heterocycles. The maximum Gasteiger partial charge on any atom is 0.113 e. The summed E-state index contributed by atoms with van der Waals surface area (Å²) < 4.78 is 32.9. The van der Waals surface area contributed by atoms with E-state index in [9.17, 15) is 8.78 Å². The molecule has 0 saturated carbocycles. The van der Waals surface area contributed by atoms with Gasteiger partial charge in [0.1, 0.15) is 13.3 Å². The fourth-order valence-corrected chi connectivity index (χ4v) is 0.898. The molecule has 0 bridgehead atoms. The van der Waals surface area contributed by atoms with E-state index < -0.39 is 13.3 Å². The van der Waals surface area contributed by atoms with E-state index in [4.69, 9.17) is 9.47 Å². The van der Waals surface area contributed by atoms with Gasteiger partial charge in [0.05, 0.1) is 13.2 Å². The number of ether oxygens (including phenoxy) is 2. The second-order valence-electron chi connectivity index (χ2n) is 2.66. The van der Waals surface area contributed by atoms with Crippen molar-refractivity contribution in [2.75, 3.05) is 39.8 Å². The molecule has 0 aliphatic rings. The van der Waals surface area contributed by atoms with E-state index in [1.165, 1.54) is 0 Å². The first-order valence-electron chi connectivity index (χ1n) is 4.69. The van der Waals surface area contributed by atoms with Gasteiger partial charge in [-0.05, 0) is 19.3 Å². The number of unbranched alkanes of at least 4 members (excludes halogenated alkanes) is 2. The Bertz CT molecular complexity index is 81.7. The Balaban J connectivity index is 2.76. The standard InChI is InChI=1S/C9H18F2O2/c10-4-8-12-6-2-1-3-7-13-9-5-11/h1-9H2. The minimum absolute atomic E-state index is 0.193. The molecule has 0 radical (unpaired) electrons. The van der Waals surface area contributed by atoms with Crippen LogP contribution in [0.2, 0.25) is 0 Å². The van der Waals surface area contributed by atoms with Crippen LogP contribution in [-0.4, -0.2) is 39.8 Å². The summed E-state index contributed by atoms with van der Waals surface area (Å²) >= 11 is 0. The van der Waals surface area contributed by atoms with Gasteiger partial charge in [-0.2, -0.15) is 0 Å². The van der Waals surface area contributed by atoms with Crippen LogP contribution in [0.15, 0.2) is 0 Å². The zero-order valence-electron chi connectivity index (χ0n) is 7.94. The van der Waals surface area contributed by atoms with Crippen LogP contribution in [-0.2, 0) is 9.47 Å². The number of alkyl halides is 2. The summed E-state index contributed by atoms with van der Waals surface area (Å²) in [6, 6.07) is 0. The van der Waals surface area contributed by atoms with E-state index in [0.717, 1.165) is 19.3 Å². The van der Waals surface area contributed by atoms with Gasteiger partial charge >= 0.3 is 0 Å². The Hall–Kier alpha value is -0.220. The smallest absolute Gasteiger partial charge is 0.113 e. The largest absolute Gasteiger partial charge is 0.379 e. The third-order valence-corrected chi connectivity index (χ3v) is 1.52. The molecule has 0 spiro atoms. The quantitative estimate of drug-likeness (QED) is 0.498. The SMILES string of the molecule is FCCOCCCCCOCCF. The van der Waals surface area contributed by atoms with Gasteiger partial charge in [-0.15, -0.1) is 0 Å². The molecular weight excluding hydrogens is 178 g/mol. The fourth-order valence-electron chi connectivity index (χ4n) is 0.898. The molecular formula is C9H18F2O2. The minimum Gasteiger partial charge on any atom is -0.379 e. The molecule has 0 N–H and O–H groups in total. The van der Waals surface area contributed by atoms with E-state index in [2.05, 4.69) is 0 Å². The van der Waals surface area contributed by atoms with Gasteiger partial charge in [0.25, 0.3) is 0 Å². The molecule has 0 amide bonds. The van der Waals surface area contributed by atoms with Gasteiger partial charge in [0, 0.05) is 13.2 Å². The molecule has 13 heavy (non-hydrogen) atoms. The molecule has 0 saturated heterocycles. The van der Waals surface area contributed by atoms with Crippen molar-refractivity contribution in [1.82, 2.24) is 0 Å². The first-order valence-corrected chi connectivity index (χ1v) is 4.69. The molecule has 0 fully saturated rings. The predicted octanol–water partition coefficient (Wildman–Crippen LogP) is 2.13. The molecule has 4 heteroatoms. The normalized spacial score (nSPS) is 10.6. The van der Waals surface area contributed by atoms with Gasteiger partial charge in [0.15, 0.2) is 0 Å². The highest BCUT2D eigenvalue weighted by atomic mass is 19.1. The monoisotopic (exact) mass is 196 g/mol. The Morgan fingerprint density at radius 1 is 0.615 bits per heavy atom. The van der Waals surface area contributed by atoms with Crippen LogP contribution >= 0.6 is 0 Å². The van der Waals surface area contributed by atoms with Crippen LogP contribution in [0.3, 0.4) is 0 Å². The highest BCUT2D eigenvalue weighted by Crippen LogP contribution is 1.96. The Labute approximate surface area is 78.2 Å². The van der Waals surface area contributed by atoms with Crippen LogP contribution in [0, 0.1) is 0 Å². The molecule has 0 aliphatic carbocycles. The second-order valence-corrected chi connectivity index (χ2v) is 2.66. The lowest BCUT2D eigenvalue weighted by Crippen LogP contribution is -2.01. The number of rotatable bonds is 10. The number of hydrogen-bond acceptors (Lipinski definition) is 2. The number of hydrogen-bond donors (Lipinski definition) is 0. The summed E-state index contributed by atoms with van der Waals surface area (Å²) in [5.74, 6) is 0. The third-order valence-electron chi connectivity index (χ3n) is 1.52. The lowest BCUT2D eigenvalue weighted by molar-refractivity contribution is 0.101. The van der Waals surface area contributed by atoms with E-state index in [-0.39, 0.29) is 13.2 Å². The van der Waals surface area contributed by atoms with Crippen LogP contribution < -0.4 is 0 Å². The molecule has 0 aromatic carbocycles. The van der Waals surface area contributed by atoms with Crippen molar-refractivity contribution in [3.05, 3.63) is 0 Å². The summed E-state index contributed by atoms with van der Waals surface area (Å²) in [7, 11) is 0. The molecule has 0 atom stereocenters. The lowest BCUT2D eigenvalue weighted by Gasteiger charge is -2.02. The predicted molar refractivity (Wildman–Crippen MR) is 47.4 cm³/mol. The van der Waals surface area contributed by atoms with Gasteiger partial charge < -0.3 is 9.47 Å². The molecule has 0 aromatic rings. The zero-order chi connectivity index (χ0) is 9.78. The Kier molecular flexibility index (Phi) is 11.6. The van der Waals surface area contributed by atoms with E-state index in [1.54, 1.807) is 0 Å². The van der Waals surface area contributed by atoms with Crippen LogP contribution in [0.4, 0.5) is 8.78 Å². The average molecular weight is 196 g/mol. The summed E-state index contributed by atoms with van der Waals surface area (Å²) in [5.41, 5.74) is 0. The second kappa shape index (κ2) is 11.8. The van der Waals surface area contributed by atoms with Crippen molar-refractivity contribution in [1.29, 1.82) is 0 Å².